The Labute approximate surface area is 72.6 Å². The van der Waals surface area contributed by atoms with Crippen molar-refractivity contribution in [3.8, 4) is 0 Å². The van der Waals surface area contributed by atoms with E-state index in [-0.39, 0.29) is 5.92 Å². The molecule has 0 bridgehead atoms. The molecule has 12 heavy (non-hydrogen) atoms. The zero-order chi connectivity index (χ0) is 9.72. The number of nitrogens with one attached hydrogen (secondary N) is 1. The van der Waals surface area contributed by atoms with Gasteiger partial charge in [0.2, 0.25) is 0 Å². The summed E-state index contributed by atoms with van der Waals surface area (Å²) in [4.78, 5) is 10.7. The van der Waals surface area contributed by atoms with E-state index in [0.717, 1.165) is 0 Å². The number of rotatable bonds is 5. The number of aliphatic hydroxyl groups excluding tert-OH is 1. The SMILES string of the molecule is CC[C@@H]([C@H](C)O)[C@H](NC)C(=O)O. The van der Waals surface area contributed by atoms with Crippen LogP contribution in [0.5, 0.6) is 0 Å². The summed E-state index contributed by atoms with van der Waals surface area (Å²) in [6.45, 7) is 3.48. The van der Waals surface area contributed by atoms with Crippen molar-refractivity contribution in [3.05, 3.63) is 0 Å². The highest BCUT2D eigenvalue weighted by atomic mass is 16.4. The van der Waals surface area contributed by atoms with Gasteiger partial charge >= 0.3 is 5.97 Å². The van der Waals surface area contributed by atoms with Gasteiger partial charge in [-0.25, -0.2) is 0 Å². The Balaban J connectivity index is 4.33. The third-order valence-electron chi connectivity index (χ3n) is 2.10. The summed E-state index contributed by atoms with van der Waals surface area (Å²) in [6.07, 6.45) is 0.0544. The third kappa shape index (κ3) is 2.79. The molecule has 3 N–H and O–H groups in total. The van der Waals surface area contributed by atoms with Crippen LogP contribution in [-0.2, 0) is 4.79 Å². The second kappa shape index (κ2) is 5.11. The molecule has 0 aliphatic carbocycles. The van der Waals surface area contributed by atoms with E-state index in [1.54, 1.807) is 14.0 Å². The van der Waals surface area contributed by atoms with Crippen molar-refractivity contribution >= 4 is 5.97 Å². The number of hydrogen-bond donors (Lipinski definition) is 3. The van der Waals surface area contributed by atoms with Crippen LogP contribution in [0.4, 0.5) is 0 Å². The maximum Gasteiger partial charge on any atom is 0.321 e. The lowest BCUT2D eigenvalue weighted by Crippen LogP contribution is -2.44. The van der Waals surface area contributed by atoms with Gasteiger partial charge in [0.05, 0.1) is 6.10 Å². The Kier molecular flexibility index (Phi) is 4.85. The lowest BCUT2D eigenvalue weighted by molar-refractivity contribution is -0.142. The Morgan fingerprint density at radius 2 is 2.08 bits per heavy atom. The lowest BCUT2D eigenvalue weighted by atomic mass is 9.92. The molecule has 3 atom stereocenters. The van der Waals surface area contributed by atoms with Crippen LogP contribution in [0.25, 0.3) is 0 Å². The van der Waals surface area contributed by atoms with E-state index in [2.05, 4.69) is 5.32 Å². The van der Waals surface area contributed by atoms with Gasteiger partial charge in [0.25, 0.3) is 0 Å². The van der Waals surface area contributed by atoms with Crippen molar-refractivity contribution in [2.45, 2.75) is 32.4 Å². The summed E-state index contributed by atoms with van der Waals surface area (Å²) < 4.78 is 0. The maximum absolute atomic E-state index is 10.7. The average molecular weight is 175 g/mol. The minimum absolute atomic E-state index is 0.229. The van der Waals surface area contributed by atoms with E-state index < -0.39 is 18.1 Å². The number of carboxylic acid groups (broad SMARTS) is 1. The summed E-state index contributed by atoms with van der Waals surface area (Å²) in [5.41, 5.74) is 0. The largest absolute Gasteiger partial charge is 0.480 e. The van der Waals surface area contributed by atoms with Crippen LogP contribution >= 0.6 is 0 Å². The molecule has 0 aromatic heterocycles. The average Bonchev–Trinajstić information content (AvgIpc) is 1.98. The van der Waals surface area contributed by atoms with Crippen LogP contribution in [0.15, 0.2) is 0 Å². The van der Waals surface area contributed by atoms with Crippen LogP contribution in [-0.4, -0.2) is 35.4 Å². The second-order valence-electron chi connectivity index (χ2n) is 2.92. The van der Waals surface area contributed by atoms with Gasteiger partial charge in [-0.3, -0.25) is 4.79 Å². The summed E-state index contributed by atoms with van der Waals surface area (Å²) in [5.74, 6) is -1.14. The molecule has 4 nitrogen and oxygen atoms in total. The molecule has 0 aromatic rings. The molecule has 0 heterocycles. The van der Waals surface area contributed by atoms with E-state index in [4.69, 9.17) is 5.11 Å². The van der Waals surface area contributed by atoms with Gasteiger partial charge < -0.3 is 15.5 Å². The highest BCUT2D eigenvalue weighted by Crippen LogP contribution is 2.13. The predicted octanol–water partition coefficient (Wildman–Crippen LogP) is 0.0660. The molecule has 0 aliphatic heterocycles. The van der Waals surface area contributed by atoms with Crippen molar-refractivity contribution in [3.63, 3.8) is 0 Å². The first kappa shape index (κ1) is 11.4. The summed E-state index contributed by atoms with van der Waals surface area (Å²) in [7, 11) is 1.59. The van der Waals surface area contributed by atoms with Crippen molar-refractivity contribution in [1.29, 1.82) is 0 Å². The Morgan fingerprint density at radius 3 is 2.17 bits per heavy atom. The molecule has 0 saturated carbocycles. The molecular formula is C8H17NO3. The lowest BCUT2D eigenvalue weighted by Gasteiger charge is -2.24. The zero-order valence-electron chi connectivity index (χ0n) is 7.74. The van der Waals surface area contributed by atoms with Crippen LogP contribution in [0.2, 0.25) is 0 Å². The molecule has 0 aliphatic rings. The summed E-state index contributed by atoms with van der Waals surface area (Å²) >= 11 is 0. The number of likely N-dealkylation sites (N-methyl/N-ethyl adjacent to an activating group) is 1. The number of carbonyl (C=O) groups is 1. The van der Waals surface area contributed by atoms with Crippen molar-refractivity contribution in [2.75, 3.05) is 7.05 Å². The molecule has 0 saturated heterocycles. The van der Waals surface area contributed by atoms with Gasteiger partial charge in [-0.05, 0) is 20.4 Å². The standard InChI is InChI=1S/C8H17NO3/c1-4-6(5(2)10)7(9-3)8(11)12/h5-7,9-10H,4H2,1-3H3,(H,11,12)/t5-,6-,7-/m0/s1. The Hall–Kier alpha value is -0.610. The Bertz CT molecular complexity index is 147. The second-order valence-corrected chi connectivity index (χ2v) is 2.92. The molecule has 0 amide bonds. The molecule has 0 rings (SSSR count). The molecule has 0 aromatic carbocycles. The first-order valence-corrected chi connectivity index (χ1v) is 4.12. The van der Waals surface area contributed by atoms with E-state index in [9.17, 15) is 9.90 Å². The zero-order valence-corrected chi connectivity index (χ0v) is 7.74. The van der Waals surface area contributed by atoms with Crippen molar-refractivity contribution in [2.24, 2.45) is 5.92 Å². The molecule has 0 fully saturated rings. The van der Waals surface area contributed by atoms with Gasteiger partial charge in [-0.2, -0.15) is 0 Å². The molecule has 72 valence electrons. The summed E-state index contributed by atoms with van der Waals surface area (Å²) in [5, 5.41) is 20.7. The minimum atomic E-state index is -0.912. The molecule has 0 spiro atoms. The van der Waals surface area contributed by atoms with Crippen LogP contribution in [0.3, 0.4) is 0 Å². The number of aliphatic hydroxyl groups is 1. The molecular weight excluding hydrogens is 158 g/mol. The van der Waals surface area contributed by atoms with Crippen molar-refractivity contribution in [1.82, 2.24) is 5.32 Å². The normalized spacial score (nSPS) is 18.3. The number of hydrogen-bond acceptors (Lipinski definition) is 3. The van der Waals surface area contributed by atoms with E-state index in [1.165, 1.54) is 0 Å². The van der Waals surface area contributed by atoms with Crippen LogP contribution < -0.4 is 5.32 Å². The fourth-order valence-electron chi connectivity index (χ4n) is 1.38. The van der Waals surface area contributed by atoms with Gasteiger partial charge in [0, 0.05) is 5.92 Å². The molecule has 0 radical (unpaired) electrons. The quantitative estimate of drug-likeness (QED) is 0.553. The minimum Gasteiger partial charge on any atom is -0.480 e. The predicted molar refractivity (Wildman–Crippen MR) is 45.9 cm³/mol. The van der Waals surface area contributed by atoms with E-state index in [1.807, 2.05) is 6.92 Å². The number of aliphatic carboxylic acids is 1. The van der Waals surface area contributed by atoms with Crippen LogP contribution in [0.1, 0.15) is 20.3 Å². The highest BCUT2D eigenvalue weighted by molar-refractivity contribution is 5.73. The third-order valence-corrected chi connectivity index (χ3v) is 2.10. The Morgan fingerprint density at radius 1 is 1.58 bits per heavy atom. The molecule has 0 unspecified atom stereocenters. The highest BCUT2D eigenvalue weighted by Gasteiger charge is 2.28. The van der Waals surface area contributed by atoms with Gasteiger partial charge in [0.15, 0.2) is 0 Å². The number of carboxylic acids is 1. The fourth-order valence-corrected chi connectivity index (χ4v) is 1.38. The van der Waals surface area contributed by atoms with Gasteiger partial charge in [-0.15, -0.1) is 0 Å². The monoisotopic (exact) mass is 175 g/mol. The smallest absolute Gasteiger partial charge is 0.321 e. The van der Waals surface area contributed by atoms with Crippen molar-refractivity contribution < 1.29 is 15.0 Å². The first-order valence-electron chi connectivity index (χ1n) is 4.12. The van der Waals surface area contributed by atoms with Gasteiger partial charge in [-0.1, -0.05) is 6.92 Å². The van der Waals surface area contributed by atoms with E-state index in [0.29, 0.717) is 6.42 Å². The topological polar surface area (TPSA) is 69.6 Å². The fraction of sp³-hybridized carbons (Fsp3) is 0.875. The first-order chi connectivity index (χ1) is 5.54. The van der Waals surface area contributed by atoms with E-state index >= 15 is 0 Å². The maximum atomic E-state index is 10.7. The summed E-state index contributed by atoms with van der Waals surface area (Å²) in [6, 6.07) is -0.657. The molecule has 4 heteroatoms. The van der Waals surface area contributed by atoms with Crippen LogP contribution in [0, 0.1) is 5.92 Å². The van der Waals surface area contributed by atoms with Gasteiger partial charge in [0.1, 0.15) is 6.04 Å².